The molecule has 0 unspecified atom stereocenters. The minimum atomic E-state index is -1.07. The monoisotopic (exact) mass is 402 g/mol. The van der Waals surface area contributed by atoms with E-state index in [2.05, 4.69) is 31.9 Å². The van der Waals surface area contributed by atoms with Gasteiger partial charge in [-0.3, -0.25) is 0 Å². The van der Waals surface area contributed by atoms with E-state index in [0.29, 0.717) is 8.95 Å². The fourth-order valence-electron chi connectivity index (χ4n) is 1.61. The zero-order valence-electron chi connectivity index (χ0n) is 10.1. The van der Waals surface area contributed by atoms with Crippen molar-refractivity contribution in [3.63, 3.8) is 0 Å². The van der Waals surface area contributed by atoms with Gasteiger partial charge < -0.3 is 9.84 Å². The average molecular weight is 404 g/mol. The van der Waals surface area contributed by atoms with Crippen LogP contribution in [0.1, 0.15) is 15.9 Å². The van der Waals surface area contributed by atoms with Crippen molar-refractivity contribution in [1.82, 2.24) is 0 Å². The molecule has 0 aromatic heterocycles. The molecule has 0 aliphatic carbocycles. The van der Waals surface area contributed by atoms with Crippen molar-refractivity contribution in [2.24, 2.45) is 0 Å². The van der Waals surface area contributed by atoms with Crippen LogP contribution in [0.2, 0.25) is 0 Å². The third-order valence-electron chi connectivity index (χ3n) is 2.56. The van der Waals surface area contributed by atoms with Gasteiger partial charge in [-0.15, -0.1) is 0 Å². The molecule has 104 valence electrons. The predicted molar refractivity (Wildman–Crippen MR) is 79.5 cm³/mol. The lowest BCUT2D eigenvalue weighted by Crippen LogP contribution is -2.04. The molecule has 0 atom stereocenters. The van der Waals surface area contributed by atoms with Crippen molar-refractivity contribution in [2.75, 3.05) is 0 Å². The molecule has 0 saturated carbocycles. The van der Waals surface area contributed by atoms with Gasteiger partial charge in [-0.05, 0) is 61.7 Å². The SMILES string of the molecule is O=C(O)c1cccc(Br)c1OCc1ccc(F)c(Br)c1. The Labute approximate surface area is 131 Å². The number of hydrogen-bond donors (Lipinski definition) is 1. The highest BCUT2D eigenvalue weighted by Crippen LogP contribution is 2.30. The van der Waals surface area contributed by atoms with E-state index in [-0.39, 0.29) is 23.7 Å². The molecule has 0 aliphatic heterocycles. The minimum Gasteiger partial charge on any atom is -0.487 e. The van der Waals surface area contributed by atoms with Gasteiger partial charge in [-0.2, -0.15) is 0 Å². The molecule has 6 heteroatoms. The molecular weight excluding hydrogens is 395 g/mol. The van der Waals surface area contributed by atoms with Crippen LogP contribution in [0.3, 0.4) is 0 Å². The van der Waals surface area contributed by atoms with Gasteiger partial charge in [0, 0.05) is 0 Å². The topological polar surface area (TPSA) is 46.5 Å². The fourth-order valence-corrected chi connectivity index (χ4v) is 2.52. The van der Waals surface area contributed by atoms with Crippen LogP contribution < -0.4 is 4.74 Å². The molecule has 0 bridgehead atoms. The fraction of sp³-hybridized carbons (Fsp3) is 0.0714. The Morgan fingerprint density at radius 2 is 1.95 bits per heavy atom. The molecule has 2 aromatic rings. The molecule has 0 fully saturated rings. The molecule has 1 N–H and O–H groups in total. The van der Waals surface area contributed by atoms with Crippen molar-refractivity contribution in [3.8, 4) is 5.75 Å². The van der Waals surface area contributed by atoms with E-state index < -0.39 is 5.97 Å². The van der Waals surface area contributed by atoms with Gasteiger partial charge in [-0.25, -0.2) is 9.18 Å². The number of aromatic carboxylic acids is 1. The number of hydrogen-bond acceptors (Lipinski definition) is 2. The van der Waals surface area contributed by atoms with Gasteiger partial charge >= 0.3 is 5.97 Å². The van der Waals surface area contributed by atoms with Gasteiger partial charge in [0.05, 0.1) is 8.95 Å². The lowest BCUT2D eigenvalue weighted by molar-refractivity contribution is 0.0691. The van der Waals surface area contributed by atoms with Crippen LogP contribution >= 0.6 is 31.9 Å². The number of carboxylic acid groups (broad SMARTS) is 1. The zero-order valence-corrected chi connectivity index (χ0v) is 13.2. The summed E-state index contributed by atoms with van der Waals surface area (Å²) < 4.78 is 19.6. The highest BCUT2D eigenvalue weighted by Gasteiger charge is 2.14. The Morgan fingerprint density at radius 1 is 1.20 bits per heavy atom. The second kappa shape index (κ2) is 6.37. The van der Waals surface area contributed by atoms with Crippen molar-refractivity contribution in [2.45, 2.75) is 6.61 Å². The number of ether oxygens (including phenoxy) is 1. The Hall–Kier alpha value is -1.40. The summed E-state index contributed by atoms with van der Waals surface area (Å²) in [6, 6.07) is 9.27. The number of rotatable bonds is 4. The van der Waals surface area contributed by atoms with Gasteiger partial charge in [0.15, 0.2) is 0 Å². The number of halogens is 3. The van der Waals surface area contributed by atoms with Crippen LogP contribution in [0, 0.1) is 5.82 Å². The Morgan fingerprint density at radius 3 is 2.60 bits per heavy atom. The summed E-state index contributed by atoms with van der Waals surface area (Å²) in [5, 5.41) is 9.11. The molecular formula is C14H9Br2FO3. The van der Waals surface area contributed by atoms with E-state index in [9.17, 15) is 9.18 Å². The smallest absolute Gasteiger partial charge is 0.339 e. The van der Waals surface area contributed by atoms with Crippen molar-refractivity contribution >= 4 is 37.8 Å². The lowest BCUT2D eigenvalue weighted by Gasteiger charge is -2.11. The summed E-state index contributed by atoms with van der Waals surface area (Å²) in [4.78, 5) is 11.1. The number of para-hydroxylation sites is 1. The number of carboxylic acids is 1. The van der Waals surface area contributed by atoms with Crippen LogP contribution in [0.15, 0.2) is 45.3 Å². The molecule has 0 radical (unpaired) electrons. The minimum absolute atomic E-state index is 0.0700. The van der Waals surface area contributed by atoms with Gasteiger partial charge in [0.1, 0.15) is 23.7 Å². The molecule has 0 saturated heterocycles. The van der Waals surface area contributed by atoms with Crippen LogP contribution in [0.25, 0.3) is 0 Å². The van der Waals surface area contributed by atoms with Crippen LogP contribution in [-0.2, 0) is 6.61 Å². The first kappa shape index (κ1) is 15.0. The molecule has 0 aliphatic rings. The first-order valence-electron chi connectivity index (χ1n) is 5.57. The van der Waals surface area contributed by atoms with E-state index in [1.165, 1.54) is 12.1 Å². The molecule has 0 spiro atoms. The van der Waals surface area contributed by atoms with Crippen LogP contribution in [-0.4, -0.2) is 11.1 Å². The summed E-state index contributed by atoms with van der Waals surface area (Å²) in [5.74, 6) is -1.18. The third kappa shape index (κ3) is 3.37. The molecule has 0 heterocycles. The van der Waals surface area contributed by atoms with E-state index in [4.69, 9.17) is 9.84 Å². The summed E-state index contributed by atoms with van der Waals surface area (Å²) in [5.41, 5.74) is 0.797. The average Bonchev–Trinajstić information content (AvgIpc) is 2.40. The molecule has 2 rings (SSSR count). The number of carbonyl (C=O) groups is 1. The highest BCUT2D eigenvalue weighted by molar-refractivity contribution is 9.10. The first-order chi connectivity index (χ1) is 9.49. The summed E-state index contributed by atoms with van der Waals surface area (Å²) in [7, 11) is 0. The molecule has 3 nitrogen and oxygen atoms in total. The van der Waals surface area contributed by atoms with Crippen molar-refractivity contribution in [3.05, 3.63) is 62.3 Å². The van der Waals surface area contributed by atoms with Gasteiger partial charge in [-0.1, -0.05) is 12.1 Å². The van der Waals surface area contributed by atoms with E-state index >= 15 is 0 Å². The van der Waals surface area contributed by atoms with Gasteiger partial charge in [0.2, 0.25) is 0 Å². The Balaban J connectivity index is 2.22. The molecule has 0 amide bonds. The summed E-state index contributed by atoms with van der Waals surface area (Å²) in [6.45, 7) is 0.141. The second-order valence-corrected chi connectivity index (χ2v) is 5.67. The number of benzene rings is 2. The van der Waals surface area contributed by atoms with Crippen molar-refractivity contribution in [1.29, 1.82) is 0 Å². The third-order valence-corrected chi connectivity index (χ3v) is 3.80. The summed E-state index contributed by atoms with van der Waals surface area (Å²) >= 11 is 6.35. The molecule has 20 heavy (non-hydrogen) atoms. The molecule has 2 aromatic carbocycles. The maximum Gasteiger partial charge on any atom is 0.339 e. The van der Waals surface area contributed by atoms with Crippen LogP contribution in [0.5, 0.6) is 5.75 Å². The predicted octanol–water partition coefficient (Wildman–Crippen LogP) is 4.63. The maximum absolute atomic E-state index is 13.1. The summed E-state index contributed by atoms with van der Waals surface area (Å²) in [6.07, 6.45) is 0. The van der Waals surface area contributed by atoms with Crippen LogP contribution in [0.4, 0.5) is 4.39 Å². The zero-order chi connectivity index (χ0) is 14.7. The maximum atomic E-state index is 13.1. The van der Waals surface area contributed by atoms with E-state index in [1.807, 2.05) is 0 Å². The quantitative estimate of drug-likeness (QED) is 0.809. The highest BCUT2D eigenvalue weighted by atomic mass is 79.9. The normalized spacial score (nSPS) is 10.3. The largest absolute Gasteiger partial charge is 0.487 e. The Kier molecular flexibility index (Phi) is 4.77. The Bertz CT molecular complexity index is 659. The van der Waals surface area contributed by atoms with E-state index in [0.717, 1.165) is 5.56 Å². The standard InChI is InChI=1S/C14H9Br2FO3/c15-10-3-1-2-9(14(18)19)13(10)20-7-8-4-5-12(17)11(16)6-8/h1-6H,7H2,(H,18,19). The lowest BCUT2D eigenvalue weighted by atomic mass is 10.2. The van der Waals surface area contributed by atoms with Crippen molar-refractivity contribution < 1.29 is 19.0 Å². The first-order valence-corrected chi connectivity index (χ1v) is 7.16. The second-order valence-electron chi connectivity index (χ2n) is 3.96. The van der Waals surface area contributed by atoms with E-state index in [1.54, 1.807) is 24.3 Å². The van der Waals surface area contributed by atoms with Gasteiger partial charge in [0.25, 0.3) is 0 Å².